The Balaban J connectivity index is 0.850. The molecule has 0 N–H and O–H groups in total. The standard InChI is InChI=1S/C66H98N8/c1-67-37-21-33-63(67)59-29-17-45-71(51-59)41-13-5-9-25-55-49-57(27-11-7-15-43-73-47-19-31-61(53-73)65-35-23-39-69(65)3)58(28-12-8-16-44-74-48-20-32-62(54-74)66-36-24-40-70(66)4)50-56(55)26-10-6-14-42-72-46-18-30-60(52-72)64-34-22-38-68(64)2/h17-20,29-32,45-54,63-66H,5-16,21-28,33-44H2,1-4H3/q+4/t63-,64-,65-,66-/m0/s1. The molecular formula is C66H98N8+4. The zero-order chi connectivity index (χ0) is 50.9. The van der Waals surface area contributed by atoms with E-state index in [4.69, 9.17) is 0 Å². The maximum atomic E-state index is 2.74. The number of pyridine rings is 4. The first kappa shape index (κ1) is 54.4. The van der Waals surface area contributed by atoms with Crippen molar-refractivity contribution >= 4 is 0 Å². The average molecular weight is 1000 g/mol. The third kappa shape index (κ3) is 15.4. The molecule has 0 radical (unpaired) electrons. The van der Waals surface area contributed by atoms with Crippen molar-refractivity contribution in [2.75, 3.05) is 54.4 Å². The Kier molecular flexibility index (Phi) is 20.7. The molecule has 4 aliphatic rings. The molecule has 0 spiro atoms. The lowest BCUT2D eigenvalue weighted by atomic mass is 9.88. The summed E-state index contributed by atoms with van der Waals surface area (Å²) >= 11 is 0. The molecule has 5 aromatic rings. The fourth-order valence-electron chi connectivity index (χ4n) is 13.7. The van der Waals surface area contributed by atoms with Gasteiger partial charge in [0.25, 0.3) is 0 Å². The summed E-state index contributed by atoms with van der Waals surface area (Å²) in [4.78, 5) is 10.1. The minimum atomic E-state index is 0.581. The Morgan fingerprint density at radius 3 is 0.797 bits per heavy atom. The van der Waals surface area contributed by atoms with E-state index in [0.29, 0.717) is 24.2 Å². The molecule has 8 nitrogen and oxygen atoms in total. The van der Waals surface area contributed by atoms with Crippen molar-refractivity contribution in [2.24, 2.45) is 0 Å². The van der Waals surface area contributed by atoms with Crippen LogP contribution in [-0.4, -0.2) is 74.0 Å². The quantitative estimate of drug-likeness (QED) is 0.0369. The Hall–Kier alpha value is -4.34. The summed E-state index contributed by atoms with van der Waals surface area (Å²) in [6.07, 6.45) is 49.3. The van der Waals surface area contributed by atoms with E-state index in [1.807, 2.05) is 0 Å². The Bertz CT molecular complexity index is 2150. The van der Waals surface area contributed by atoms with E-state index in [1.54, 1.807) is 22.3 Å². The molecule has 4 atom stereocenters. The molecular weight excluding hydrogens is 905 g/mol. The zero-order valence-corrected chi connectivity index (χ0v) is 46.9. The normalized spacial score (nSPS) is 20.9. The van der Waals surface area contributed by atoms with Gasteiger partial charge < -0.3 is 0 Å². The van der Waals surface area contributed by atoms with Crippen LogP contribution in [0.5, 0.6) is 0 Å². The van der Waals surface area contributed by atoms with E-state index in [9.17, 15) is 0 Å². The molecule has 4 aliphatic heterocycles. The molecule has 9 rings (SSSR count). The number of likely N-dealkylation sites (tertiary alicyclic amines) is 4. The van der Waals surface area contributed by atoms with Crippen LogP contribution in [0.1, 0.15) is 197 Å². The molecule has 1 aromatic carbocycles. The number of hydrogen-bond donors (Lipinski definition) is 0. The predicted octanol–water partition coefficient (Wildman–Crippen LogP) is 11.6. The molecule has 398 valence electrons. The van der Waals surface area contributed by atoms with Crippen molar-refractivity contribution in [3.8, 4) is 0 Å². The first-order valence-electron chi connectivity index (χ1n) is 30.2. The van der Waals surface area contributed by atoms with Gasteiger partial charge in [0.05, 0.1) is 0 Å². The highest BCUT2D eigenvalue weighted by atomic mass is 15.2. The van der Waals surface area contributed by atoms with Crippen LogP contribution in [0.3, 0.4) is 0 Å². The predicted molar refractivity (Wildman–Crippen MR) is 302 cm³/mol. The van der Waals surface area contributed by atoms with Gasteiger partial charge in [0.2, 0.25) is 0 Å². The zero-order valence-electron chi connectivity index (χ0n) is 46.9. The van der Waals surface area contributed by atoms with Gasteiger partial charge in [0.15, 0.2) is 49.6 Å². The molecule has 8 heterocycles. The molecule has 0 bridgehead atoms. The minimum Gasteiger partial charge on any atom is -0.299 e. The van der Waals surface area contributed by atoms with Gasteiger partial charge in [-0.05, 0) is 229 Å². The Morgan fingerprint density at radius 2 is 0.581 bits per heavy atom. The van der Waals surface area contributed by atoms with Crippen LogP contribution in [0.4, 0.5) is 0 Å². The number of aryl methyl sites for hydroxylation is 8. The van der Waals surface area contributed by atoms with Gasteiger partial charge >= 0.3 is 0 Å². The summed E-state index contributed by atoms with van der Waals surface area (Å²) in [6.45, 7) is 9.33. The van der Waals surface area contributed by atoms with Gasteiger partial charge in [0.1, 0.15) is 26.2 Å². The summed E-state index contributed by atoms with van der Waals surface area (Å²) in [5.41, 5.74) is 12.6. The number of aromatic nitrogens is 4. The van der Waals surface area contributed by atoms with Crippen molar-refractivity contribution in [3.05, 3.63) is 155 Å². The van der Waals surface area contributed by atoms with E-state index in [-0.39, 0.29) is 0 Å². The second-order valence-electron chi connectivity index (χ2n) is 23.7. The number of benzene rings is 1. The fraction of sp³-hybridized carbons (Fsp3) is 0.606. The topological polar surface area (TPSA) is 28.5 Å². The number of nitrogens with zero attached hydrogens (tertiary/aromatic N) is 8. The second-order valence-corrected chi connectivity index (χ2v) is 23.7. The molecule has 8 heteroatoms. The molecule has 0 saturated carbocycles. The number of hydrogen-bond acceptors (Lipinski definition) is 4. The Labute approximate surface area is 449 Å². The van der Waals surface area contributed by atoms with Crippen LogP contribution in [0.25, 0.3) is 0 Å². The van der Waals surface area contributed by atoms with E-state index < -0.39 is 0 Å². The van der Waals surface area contributed by atoms with Crippen LogP contribution < -0.4 is 18.3 Å². The summed E-state index contributed by atoms with van der Waals surface area (Å²) in [6, 6.07) is 26.3. The first-order chi connectivity index (χ1) is 36.3. The van der Waals surface area contributed by atoms with Crippen LogP contribution in [-0.2, 0) is 51.9 Å². The third-order valence-corrected chi connectivity index (χ3v) is 18.1. The lowest BCUT2D eigenvalue weighted by molar-refractivity contribution is -0.698. The lowest BCUT2D eigenvalue weighted by Crippen LogP contribution is -2.34. The largest absolute Gasteiger partial charge is 0.299 e. The molecule has 74 heavy (non-hydrogen) atoms. The molecule has 4 saturated heterocycles. The molecule has 0 unspecified atom stereocenters. The highest BCUT2D eigenvalue weighted by Gasteiger charge is 2.28. The summed E-state index contributed by atoms with van der Waals surface area (Å²) in [5.74, 6) is 0. The summed E-state index contributed by atoms with van der Waals surface area (Å²) in [5, 5.41) is 0. The van der Waals surface area contributed by atoms with Crippen molar-refractivity contribution in [1.29, 1.82) is 0 Å². The van der Waals surface area contributed by atoms with E-state index in [1.165, 1.54) is 203 Å². The second kappa shape index (κ2) is 28.2. The maximum absolute atomic E-state index is 2.74. The van der Waals surface area contributed by atoms with Crippen molar-refractivity contribution in [1.82, 2.24) is 19.6 Å². The molecule has 4 aromatic heterocycles. The summed E-state index contributed by atoms with van der Waals surface area (Å²) < 4.78 is 9.87. The fourth-order valence-corrected chi connectivity index (χ4v) is 13.7. The van der Waals surface area contributed by atoms with E-state index in [2.05, 4.69) is 176 Å². The first-order valence-corrected chi connectivity index (χ1v) is 30.2. The highest BCUT2D eigenvalue weighted by molar-refractivity contribution is 5.39. The smallest absolute Gasteiger partial charge is 0.173 e. The van der Waals surface area contributed by atoms with Crippen LogP contribution in [0.15, 0.2) is 110 Å². The van der Waals surface area contributed by atoms with Crippen LogP contribution in [0.2, 0.25) is 0 Å². The van der Waals surface area contributed by atoms with Crippen molar-refractivity contribution < 1.29 is 18.3 Å². The SMILES string of the molecule is CN1CCC[C@H]1c1ccc[n+](CCCCCc2cc(CCCCC[n+]3cccc([C@@H]4CCCN4C)c3)c(CCCCC[n+]3cccc([C@@H]4CCCN4C)c3)cc2CCCCC[n+]2cccc([C@@H]3CCCN3C)c2)c1. The molecule has 0 amide bonds. The molecule has 4 fully saturated rings. The minimum absolute atomic E-state index is 0.581. The lowest BCUT2D eigenvalue weighted by Gasteiger charge is -2.18. The number of unbranched alkanes of at least 4 members (excludes halogenated alkanes) is 8. The Morgan fingerprint density at radius 1 is 0.338 bits per heavy atom. The van der Waals surface area contributed by atoms with E-state index in [0.717, 1.165) is 26.2 Å². The van der Waals surface area contributed by atoms with Gasteiger partial charge in [-0.15, -0.1) is 0 Å². The van der Waals surface area contributed by atoms with Gasteiger partial charge in [-0.3, -0.25) is 19.6 Å². The van der Waals surface area contributed by atoms with Crippen LogP contribution >= 0.6 is 0 Å². The van der Waals surface area contributed by atoms with Crippen LogP contribution in [0, 0.1) is 0 Å². The van der Waals surface area contributed by atoms with Gasteiger partial charge in [-0.25, -0.2) is 18.3 Å². The van der Waals surface area contributed by atoms with Gasteiger partial charge in [0, 0.05) is 96.4 Å². The van der Waals surface area contributed by atoms with Gasteiger partial charge in [-0.2, -0.15) is 0 Å². The third-order valence-electron chi connectivity index (χ3n) is 18.1. The van der Waals surface area contributed by atoms with Gasteiger partial charge in [-0.1, -0.05) is 12.1 Å². The average Bonchev–Trinajstić information content (AvgIpc) is 4.26. The monoisotopic (exact) mass is 1000 g/mol. The molecule has 0 aliphatic carbocycles. The van der Waals surface area contributed by atoms with Crippen molar-refractivity contribution in [2.45, 2.75) is 204 Å². The maximum Gasteiger partial charge on any atom is 0.173 e. The van der Waals surface area contributed by atoms with Crippen molar-refractivity contribution in [3.63, 3.8) is 0 Å². The van der Waals surface area contributed by atoms with E-state index >= 15 is 0 Å². The number of rotatable bonds is 28. The highest BCUT2D eigenvalue weighted by Crippen LogP contribution is 2.33. The summed E-state index contributed by atoms with van der Waals surface area (Å²) in [7, 11) is 9.17.